The smallest absolute Gasteiger partial charge is 0.125 e. The summed E-state index contributed by atoms with van der Waals surface area (Å²) in [5.41, 5.74) is 8.12. The summed E-state index contributed by atoms with van der Waals surface area (Å²) in [6, 6.07) is 0.0792. The Balaban J connectivity index is 3.05. The first-order valence-electron chi connectivity index (χ1n) is 4.77. The van der Waals surface area contributed by atoms with E-state index in [0.29, 0.717) is 0 Å². The Kier molecular flexibility index (Phi) is 3.37. The van der Waals surface area contributed by atoms with Gasteiger partial charge in [0, 0.05) is 23.5 Å². The molecule has 2 N–H and O–H groups in total. The molecule has 0 spiro atoms. The van der Waals surface area contributed by atoms with E-state index in [2.05, 4.69) is 23.8 Å². The van der Waals surface area contributed by atoms with Crippen LogP contribution in [0.2, 0.25) is 0 Å². The third-order valence-corrected chi connectivity index (χ3v) is 2.19. The van der Waals surface area contributed by atoms with Crippen LogP contribution in [-0.2, 0) is 6.42 Å². The first-order chi connectivity index (χ1) is 6.19. The fourth-order valence-corrected chi connectivity index (χ4v) is 1.34. The van der Waals surface area contributed by atoms with Gasteiger partial charge in [0.2, 0.25) is 0 Å². The molecule has 72 valence electrons. The average Bonchev–Trinajstić information content (AvgIpc) is 2.16. The van der Waals surface area contributed by atoms with Gasteiger partial charge in [0.25, 0.3) is 0 Å². The highest BCUT2D eigenvalue weighted by molar-refractivity contribution is 5.21. The number of hydrogen-bond acceptors (Lipinski definition) is 3. The summed E-state index contributed by atoms with van der Waals surface area (Å²) in [7, 11) is 0. The summed E-state index contributed by atoms with van der Waals surface area (Å²) in [6.07, 6.45) is 3.71. The molecular weight excluding hydrogens is 162 g/mol. The lowest BCUT2D eigenvalue weighted by Gasteiger charge is -2.12. The molecule has 1 aromatic rings. The van der Waals surface area contributed by atoms with E-state index in [1.165, 1.54) is 0 Å². The van der Waals surface area contributed by atoms with Gasteiger partial charge in [-0.05, 0) is 19.8 Å². The van der Waals surface area contributed by atoms with Crippen molar-refractivity contribution in [3.05, 3.63) is 23.3 Å². The molecule has 0 unspecified atom stereocenters. The Morgan fingerprint density at radius 1 is 1.46 bits per heavy atom. The van der Waals surface area contributed by atoms with Crippen molar-refractivity contribution in [2.75, 3.05) is 0 Å². The number of nitrogens with two attached hydrogens (primary N) is 1. The molecule has 0 fully saturated rings. The van der Waals surface area contributed by atoms with Crippen molar-refractivity contribution in [3.63, 3.8) is 0 Å². The van der Waals surface area contributed by atoms with E-state index in [1.54, 1.807) is 0 Å². The maximum absolute atomic E-state index is 5.94. The molecule has 0 radical (unpaired) electrons. The lowest BCUT2D eigenvalue weighted by atomic mass is 10.0. The maximum Gasteiger partial charge on any atom is 0.125 e. The van der Waals surface area contributed by atoms with Crippen molar-refractivity contribution in [1.29, 1.82) is 0 Å². The normalized spacial score (nSPS) is 12.9. The van der Waals surface area contributed by atoms with Crippen molar-refractivity contribution < 1.29 is 0 Å². The average molecular weight is 179 g/mol. The lowest BCUT2D eigenvalue weighted by Crippen LogP contribution is -2.13. The summed E-state index contributed by atoms with van der Waals surface area (Å²) in [6.45, 7) is 6.07. The van der Waals surface area contributed by atoms with Crippen LogP contribution in [-0.4, -0.2) is 9.97 Å². The summed E-state index contributed by atoms with van der Waals surface area (Å²) < 4.78 is 0. The minimum atomic E-state index is 0.0792. The molecule has 0 saturated carbocycles. The zero-order valence-electron chi connectivity index (χ0n) is 8.54. The van der Waals surface area contributed by atoms with Crippen molar-refractivity contribution in [3.8, 4) is 0 Å². The fourth-order valence-electron chi connectivity index (χ4n) is 1.34. The summed E-state index contributed by atoms with van der Waals surface area (Å²) in [5, 5.41) is 0. The third kappa shape index (κ3) is 2.25. The van der Waals surface area contributed by atoms with Crippen LogP contribution < -0.4 is 5.73 Å². The predicted molar refractivity (Wildman–Crippen MR) is 53.4 cm³/mol. The number of rotatable bonds is 3. The van der Waals surface area contributed by atoms with Crippen LogP contribution in [0.4, 0.5) is 0 Å². The van der Waals surface area contributed by atoms with Crippen LogP contribution >= 0.6 is 0 Å². The Morgan fingerprint density at radius 3 is 2.69 bits per heavy atom. The highest BCUT2D eigenvalue weighted by Gasteiger charge is 2.09. The zero-order valence-corrected chi connectivity index (χ0v) is 8.54. The van der Waals surface area contributed by atoms with E-state index in [-0.39, 0.29) is 6.04 Å². The Hall–Kier alpha value is -0.960. The van der Waals surface area contributed by atoms with Crippen LogP contribution in [0.1, 0.15) is 43.4 Å². The molecule has 13 heavy (non-hydrogen) atoms. The number of nitrogens with zero attached hydrogens (tertiary/aromatic N) is 2. The van der Waals surface area contributed by atoms with Gasteiger partial charge in [-0.15, -0.1) is 0 Å². The monoisotopic (exact) mass is 179 g/mol. The van der Waals surface area contributed by atoms with Gasteiger partial charge in [-0.3, -0.25) is 0 Å². The number of aryl methyl sites for hydroxylation is 2. The van der Waals surface area contributed by atoms with Gasteiger partial charge in [0.15, 0.2) is 0 Å². The molecule has 0 bridgehead atoms. The maximum atomic E-state index is 5.94. The molecule has 1 atom stereocenters. The first-order valence-corrected chi connectivity index (χ1v) is 4.77. The van der Waals surface area contributed by atoms with E-state index >= 15 is 0 Å². The molecule has 0 saturated heterocycles. The molecule has 0 amide bonds. The number of aromatic nitrogens is 2. The SMILES string of the molecule is CCc1nc(C)ncc1[C@H](N)CC. The van der Waals surface area contributed by atoms with Crippen molar-refractivity contribution in [1.82, 2.24) is 9.97 Å². The van der Waals surface area contributed by atoms with Crippen LogP contribution in [0.3, 0.4) is 0 Å². The van der Waals surface area contributed by atoms with E-state index in [4.69, 9.17) is 5.73 Å². The molecule has 0 aliphatic heterocycles. The summed E-state index contributed by atoms with van der Waals surface area (Å²) >= 11 is 0. The molecule has 1 rings (SSSR count). The van der Waals surface area contributed by atoms with Gasteiger partial charge in [0.1, 0.15) is 5.82 Å². The molecule has 1 heterocycles. The van der Waals surface area contributed by atoms with Crippen LogP contribution in [0.15, 0.2) is 6.20 Å². The standard InChI is InChI=1S/C10H17N3/c1-4-9(11)8-6-12-7(3)13-10(8)5-2/h6,9H,4-5,11H2,1-3H3/t9-/m1/s1. The topological polar surface area (TPSA) is 51.8 Å². The third-order valence-electron chi connectivity index (χ3n) is 2.19. The van der Waals surface area contributed by atoms with E-state index in [9.17, 15) is 0 Å². The van der Waals surface area contributed by atoms with Crippen molar-refractivity contribution >= 4 is 0 Å². The Morgan fingerprint density at radius 2 is 2.15 bits per heavy atom. The van der Waals surface area contributed by atoms with Crippen molar-refractivity contribution in [2.45, 2.75) is 39.7 Å². The van der Waals surface area contributed by atoms with E-state index < -0.39 is 0 Å². The summed E-state index contributed by atoms with van der Waals surface area (Å²) in [5.74, 6) is 0.823. The van der Waals surface area contributed by atoms with E-state index in [1.807, 2.05) is 13.1 Å². The molecule has 0 aliphatic carbocycles. The molecular formula is C10H17N3. The van der Waals surface area contributed by atoms with Crippen LogP contribution in [0.5, 0.6) is 0 Å². The highest BCUT2D eigenvalue weighted by atomic mass is 14.9. The zero-order chi connectivity index (χ0) is 9.84. The predicted octanol–water partition coefficient (Wildman–Crippen LogP) is 1.76. The number of hydrogen-bond donors (Lipinski definition) is 1. The van der Waals surface area contributed by atoms with Gasteiger partial charge in [-0.2, -0.15) is 0 Å². The minimum Gasteiger partial charge on any atom is -0.324 e. The molecule has 3 nitrogen and oxygen atoms in total. The van der Waals surface area contributed by atoms with Gasteiger partial charge >= 0.3 is 0 Å². The Labute approximate surface area is 79.4 Å². The van der Waals surface area contributed by atoms with Gasteiger partial charge in [0.05, 0.1) is 0 Å². The largest absolute Gasteiger partial charge is 0.324 e. The quantitative estimate of drug-likeness (QED) is 0.769. The second-order valence-corrected chi connectivity index (χ2v) is 3.19. The molecule has 0 aromatic carbocycles. The second-order valence-electron chi connectivity index (χ2n) is 3.19. The second kappa shape index (κ2) is 4.33. The first kappa shape index (κ1) is 10.1. The minimum absolute atomic E-state index is 0.0792. The molecule has 1 aromatic heterocycles. The Bertz CT molecular complexity index is 283. The lowest BCUT2D eigenvalue weighted by molar-refractivity contribution is 0.675. The molecule has 0 aliphatic rings. The van der Waals surface area contributed by atoms with E-state index in [0.717, 1.165) is 29.9 Å². The van der Waals surface area contributed by atoms with Crippen LogP contribution in [0, 0.1) is 6.92 Å². The highest BCUT2D eigenvalue weighted by Crippen LogP contribution is 2.16. The van der Waals surface area contributed by atoms with Gasteiger partial charge in [-0.25, -0.2) is 9.97 Å². The fraction of sp³-hybridized carbons (Fsp3) is 0.600. The van der Waals surface area contributed by atoms with Crippen molar-refractivity contribution in [2.24, 2.45) is 5.73 Å². The van der Waals surface area contributed by atoms with Crippen LogP contribution in [0.25, 0.3) is 0 Å². The summed E-state index contributed by atoms with van der Waals surface area (Å²) in [4.78, 5) is 8.54. The molecule has 3 heteroatoms. The van der Waals surface area contributed by atoms with Gasteiger partial charge < -0.3 is 5.73 Å². The van der Waals surface area contributed by atoms with Gasteiger partial charge in [-0.1, -0.05) is 13.8 Å².